The summed E-state index contributed by atoms with van der Waals surface area (Å²) >= 11 is 5.83. The van der Waals surface area contributed by atoms with Gasteiger partial charge in [-0.25, -0.2) is 0 Å². The van der Waals surface area contributed by atoms with Crippen LogP contribution in [0, 0.1) is 0 Å². The molecule has 0 aliphatic heterocycles. The Morgan fingerprint density at radius 2 is 1.96 bits per heavy atom. The predicted molar refractivity (Wildman–Crippen MR) is 82.3 cm³/mol. The summed E-state index contributed by atoms with van der Waals surface area (Å²) in [6, 6.07) is 7.36. The van der Waals surface area contributed by atoms with E-state index in [1.54, 1.807) is 6.07 Å². The predicted octanol–water partition coefficient (Wildman–Crippen LogP) is 4.52. The molecule has 23 heavy (non-hydrogen) atoms. The molecule has 0 heterocycles. The van der Waals surface area contributed by atoms with Crippen molar-refractivity contribution in [3.63, 3.8) is 0 Å². The maximum absolute atomic E-state index is 12.7. The summed E-state index contributed by atoms with van der Waals surface area (Å²) in [4.78, 5) is 0. The number of anilines is 1. The molecule has 0 unspecified atom stereocenters. The van der Waals surface area contributed by atoms with Crippen LogP contribution in [0.25, 0.3) is 0 Å². The molecular weight excluding hydrogens is 333 g/mol. The van der Waals surface area contributed by atoms with Gasteiger partial charge in [-0.1, -0.05) is 11.6 Å². The van der Waals surface area contributed by atoms with Gasteiger partial charge in [0.25, 0.3) is 0 Å². The van der Waals surface area contributed by atoms with Crippen molar-refractivity contribution >= 4 is 23.5 Å². The number of hydrogen-bond acceptors (Lipinski definition) is 4. The highest BCUT2D eigenvalue weighted by Crippen LogP contribution is 2.33. The number of rotatable bonds is 4. The van der Waals surface area contributed by atoms with Gasteiger partial charge in [-0.3, -0.25) is 5.43 Å². The van der Waals surface area contributed by atoms with Crippen molar-refractivity contribution in [2.75, 3.05) is 12.5 Å². The molecule has 0 aliphatic rings. The largest absolute Gasteiger partial charge is 0.507 e. The van der Waals surface area contributed by atoms with Crippen LogP contribution in [0.2, 0.25) is 5.02 Å². The molecule has 2 aromatic carbocycles. The number of nitrogens with zero attached hydrogens (tertiary/aromatic N) is 1. The molecule has 0 saturated carbocycles. The van der Waals surface area contributed by atoms with E-state index in [0.29, 0.717) is 11.3 Å². The van der Waals surface area contributed by atoms with Crippen molar-refractivity contribution in [2.24, 2.45) is 5.10 Å². The number of phenols is 1. The van der Waals surface area contributed by atoms with Gasteiger partial charge in [0.05, 0.1) is 29.6 Å². The summed E-state index contributed by atoms with van der Waals surface area (Å²) in [7, 11) is 1.47. The number of alkyl halides is 3. The second-order valence-corrected chi connectivity index (χ2v) is 4.89. The number of methoxy groups -OCH3 is 1. The van der Waals surface area contributed by atoms with Gasteiger partial charge in [0.2, 0.25) is 0 Å². The van der Waals surface area contributed by atoms with Gasteiger partial charge in [0.1, 0.15) is 11.5 Å². The first-order valence-electron chi connectivity index (χ1n) is 6.34. The fourth-order valence-electron chi connectivity index (χ4n) is 1.72. The smallest absolute Gasteiger partial charge is 0.416 e. The second-order valence-electron chi connectivity index (χ2n) is 4.49. The summed E-state index contributed by atoms with van der Waals surface area (Å²) in [6.07, 6.45) is -3.23. The van der Waals surface area contributed by atoms with Crippen LogP contribution >= 0.6 is 11.6 Å². The molecule has 2 N–H and O–H groups in total. The average molecular weight is 345 g/mol. The lowest BCUT2D eigenvalue weighted by molar-refractivity contribution is -0.137. The summed E-state index contributed by atoms with van der Waals surface area (Å²) in [5, 5.41) is 13.6. The van der Waals surface area contributed by atoms with Gasteiger partial charge in [0, 0.05) is 5.56 Å². The zero-order valence-electron chi connectivity index (χ0n) is 11.9. The highest BCUT2D eigenvalue weighted by Gasteiger charge is 2.30. The Morgan fingerprint density at radius 3 is 2.61 bits per heavy atom. The molecule has 0 aromatic heterocycles. The first-order valence-corrected chi connectivity index (χ1v) is 6.72. The standard InChI is InChI=1S/C15H12ClF3N2O2/c1-23-11-3-5-14(22)9(6-11)8-20-21-13-7-10(15(17,18)19)2-4-12(13)16/h2-8,21-22H,1H3/b20-8-. The lowest BCUT2D eigenvalue weighted by atomic mass is 10.2. The van der Waals surface area contributed by atoms with Crippen LogP contribution in [-0.4, -0.2) is 18.4 Å². The van der Waals surface area contributed by atoms with Crippen molar-refractivity contribution in [1.82, 2.24) is 0 Å². The third-order valence-corrected chi connectivity index (χ3v) is 3.25. The molecule has 122 valence electrons. The molecule has 0 aliphatic carbocycles. The van der Waals surface area contributed by atoms with Crippen LogP contribution in [0.1, 0.15) is 11.1 Å². The zero-order valence-corrected chi connectivity index (χ0v) is 12.6. The molecule has 0 fully saturated rings. The lowest BCUT2D eigenvalue weighted by Gasteiger charge is -2.10. The van der Waals surface area contributed by atoms with Crippen LogP contribution in [0.5, 0.6) is 11.5 Å². The van der Waals surface area contributed by atoms with Crippen LogP contribution in [0.4, 0.5) is 18.9 Å². The first kappa shape index (κ1) is 17.0. The maximum Gasteiger partial charge on any atom is 0.416 e. The van der Waals surface area contributed by atoms with Crippen LogP contribution in [0.15, 0.2) is 41.5 Å². The third-order valence-electron chi connectivity index (χ3n) is 2.92. The summed E-state index contributed by atoms with van der Waals surface area (Å²) < 4.78 is 43.0. The number of hydrogen-bond donors (Lipinski definition) is 2. The number of nitrogens with one attached hydrogen (secondary N) is 1. The normalized spacial score (nSPS) is 11.7. The molecular formula is C15H12ClF3N2O2. The molecule has 0 amide bonds. The Kier molecular flexibility index (Phi) is 5.00. The monoisotopic (exact) mass is 344 g/mol. The Bertz CT molecular complexity index is 733. The van der Waals surface area contributed by atoms with Crippen molar-refractivity contribution in [3.05, 3.63) is 52.5 Å². The minimum atomic E-state index is -4.48. The van der Waals surface area contributed by atoms with E-state index in [4.69, 9.17) is 16.3 Å². The number of benzene rings is 2. The molecule has 0 bridgehead atoms. The quantitative estimate of drug-likeness (QED) is 0.633. The van der Waals surface area contributed by atoms with Crippen molar-refractivity contribution in [1.29, 1.82) is 0 Å². The van der Waals surface area contributed by atoms with E-state index < -0.39 is 11.7 Å². The topological polar surface area (TPSA) is 53.9 Å². The van der Waals surface area contributed by atoms with Gasteiger partial charge >= 0.3 is 6.18 Å². The highest BCUT2D eigenvalue weighted by molar-refractivity contribution is 6.33. The van der Waals surface area contributed by atoms with Crippen LogP contribution in [0.3, 0.4) is 0 Å². The van der Waals surface area contributed by atoms with Gasteiger partial charge in [-0.15, -0.1) is 0 Å². The number of aromatic hydroxyl groups is 1. The minimum Gasteiger partial charge on any atom is -0.507 e. The van der Waals surface area contributed by atoms with Gasteiger partial charge in [0.15, 0.2) is 0 Å². The maximum atomic E-state index is 12.7. The number of ether oxygens (including phenoxy) is 1. The summed E-state index contributed by atoms with van der Waals surface area (Å²) in [5.41, 5.74) is 1.91. The van der Waals surface area contributed by atoms with E-state index in [1.165, 1.54) is 25.5 Å². The number of hydrazone groups is 1. The highest BCUT2D eigenvalue weighted by atomic mass is 35.5. The SMILES string of the molecule is COc1ccc(O)c(/C=N\Nc2cc(C(F)(F)F)ccc2Cl)c1. The summed E-state index contributed by atoms with van der Waals surface area (Å²) in [6.45, 7) is 0. The molecule has 0 spiro atoms. The van der Waals surface area contributed by atoms with Crippen LogP contribution < -0.4 is 10.2 Å². The Hall–Kier alpha value is -2.41. The molecule has 2 aromatic rings. The lowest BCUT2D eigenvalue weighted by Crippen LogP contribution is -2.05. The van der Waals surface area contributed by atoms with E-state index in [2.05, 4.69) is 10.5 Å². The Morgan fingerprint density at radius 1 is 1.22 bits per heavy atom. The van der Waals surface area contributed by atoms with Crippen molar-refractivity contribution < 1.29 is 23.0 Å². The molecule has 0 radical (unpaired) electrons. The Labute approximate surface area is 135 Å². The molecule has 2 rings (SSSR count). The van der Waals surface area contributed by atoms with Crippen molar-refractivity contribution in [3.8, 4) is 11.5 Å². The van der Waals surface area contributed by atoms with Gasteiger partial charge in [-0.05, 0) is 36.4 Å². The van der Waals surface area contributed by atoms with Crippen molar-refractivity contribution in [2.45, 2.75) is 6.18 Å². The van der Waals surface area contributed by atoms with E-state index in [-0.39, 0.29) is 16.5 Å². The zero-order chi connectivity index (χ0) is 17.0. The van der Waals surface area contributed by atoms with Crippen LogP contribution in [-0.2, 0) is 6.18 Å². The molecule has 0 atom stereocenters. The molecule has 0 saturated heterocycles. The Balaban J connectivity index is 2.20. The third kappa shape index (κ3) is 4.29. The number of halogens is 4. The molecule has 4 nitrogen and oxygen atoms in total. The van der Waals surface area contributed by atoms with E-state index >= 15 is 0 Å². The summed E-state index contributed by atoms with van der Waals surface area (Å²) in [5.74, 6) is 0.452. The first-order chi connectivity index (χ1) is 10.8. The minimum absolute atomic E-state index is 0.000118. The fraction of sp³-hybridized carbons (Fsp3) is 0.133. The van der Waals surface area contributed by atoms with E-state index in [0.717, 1.165) is 18.2 Å². The average Bonchev–Trinajstić information content (AvgIpc) is 2.49. The van der Waals surface area contributed by atoms with E-state index in [9.17, 15) is 18.3 Å². The van der Waals surface area contributed by atoms with Gasteiger partial charge in [-0.2, -0.15) is 18.3 Å². The molecule has 8 heteroatoms. The second kappa shape index (κ2) is 6.78. The number of phenolic OH excluding ortho intramolecular Hbond substituents is 1. The van der Waals surface area contributed by atoms with Gasteiger partial charge < -0.3 is 9.84 Å². The van der Waals surface area contributed by atoms with E-state index in [1.807, 2.05) is 0 Å². The fourth-order valence-corrected chi connectivity index (χ4v) is 1.88.